The predicted molar refractivity (Wildman–Crippen MR) is 135 cm³/mol. The van der Waals surface area contributed by atoms with Crippen LogP contribution in [0, 0.1) is 11.8 Å². The molecular weight excluding hydrogens is 518 g/mol. The van der Waals surface area contributed by atoms with Crippen LogP contribution < -0.4 is 10.5 Å². The quantitative estimate of drug-likeness (QED) is 0.192. The molecule has 0 aliphatic heterocycles. The average Bonchev–Trinajstić information content (AvgIpc) is 2.79. The minimum absolute atomic E-state index is 0.00348. The number of nitrogens with zero attached hydrogens (tertiary/aromatic N) is 1. The molecule has 1 amide bonds. The van der Waals surface area contributed by atoms with Crippen molar-refractivity contribution in [3.05, 3.63) is 51.5 Å². The van der Waals surface area contributed by atoms with Gasteiger partial charge in [-0.15, -0.1) is 0 Å². The first kappa shape index (κ1) is 27.8. The molecule has 0 saturated carbocycles. The van der Waals surface area contributed by atoms with Crippen LogP contribution in [0.15, 0.2) is 34.8 Å². The molecule has 4 atom stereocenters. The fraction of sp³-hybridized carbons (Fsp3) is 0.480. The van der Waals surface area contributed by atoms with Crippen molar-refractivity contribution in [3.63, 3.8) is 0 Å². The van der Waals surface area contributed by atoms with Crippen LogP contribution in [0.2, 0.25) is 0 Å². The van der Waals surface area contributed by atoms with Crippen molar-refractivity contribution in [1.82, 2.24) is 9.62 Å². The van der Waals surface area contributed by atoms with E-state index in [-0.39, 0.29) is 36.3 Å². The zero-order chi connectivity index (χ0) is 28.3. The maximum Gasteiger partial charge on any atom is 0.255 e. The van der Waals surface area contributed by atoms with E-state index in [4.69, 9.17) is 5.73 Å². The Bertz CT molecular complexity index is 1410. The molecule has 0 radical (unpaired) electrons. The third-order valence-electron chi connectivity index (χ3n) is 7.69. The molecule has 0 heterocycles. The zero-order valence-corrected chi connectivity index (χ0v) is 22.0. The van der Waals surface area contributed by atoms with Crippen molar-refractivity contribution in [2.75, 3.05) is 26.9 Å². The van der Waals surface area contributed by atoms with Gasteiger partial charge in [-0.25, -0.2) is 13.1 Å². The number of Topliss-reactive ketones (excluding diaryl/α,β-unsaturated/α-hetero) is 2. The van der Waals surface area contributed by atoms with Gasteiger partial charge in [0.2, 0.25) is 15.8 Å². The summed E-state index contributed by atoms with van der Waals surface area (Å²) in [5.74, 6) is -6.99. The van der Waals surface area contributed by atoms with E-state index in [0.717, 1.165) is 6.26 Å². The van der Waals surface area contributed by atoms with Gasteiger partial charge in [0.15, 0.2) is 11.4 Å². The van der Waals surface area contributed by atoms with Gasteiger partial charge in [0, 0.05) is 18.0 Å². The third kappa shape index (κ3) is 4.28. The monoisotopic (exact) mass is 549 g/mol. The van der Waals surface area contributed by atoms with Gasteiger partial charge in [0.1, 0.15) is 22.8 Å². The molecule has 3 aliphatic rings. The van der Waals surface area contributed by atoms with Gasteiger partial charge < -0.3 is 26.2 Å². The number of phenols is 1. The van der Waals surface area contributed by atoms with Crippen LogP contribution in [0.1, 0.15) is 34.3 Å². The molecule has 0 spiro atoms. The number of likely N-dealkylation sites (N-methyl/N-ethyl adjacent to an activating group) is 1. The number of sulfonamides is 1. The third-order valence-corrected chi connectivity index (χ3v) is 8.42. The average molecular weight is 550 g/mol. The molecule has 0 bridgehead atoms. The highest BCUT2D eigenvalue weighted by Gasteiger charge is 2.63. The van der Waals surface area contributed by atoms with Crippen LogP contribution in [-0.4, -0.2) is 89.8 Å². The molecule has 7 N–H and O–H groups in total. The summed E-state index contributed by atoms with van der Waals surface area (Å²) in [6.07, 6.45) is 2.04. The van der Waals surface area contributed by atoms with E-state index in [1.807, 2.05) is 0 Å². The molecule has 4 unspecified atom stereocenters. The van der Waals surface area contributed by atoms with Crippen molar-refractivity contribution in [3.8, 4) is 5.75 Å². The van der Waals surface area contributed by atoms with Crippen molar-refractivity contribution in [1.29, 1.82) is 0 Å². The number of phenolic OH excluding ortho intramolecular Hbond substituents is 1. The highest BCUT2D eigenvalue weighted by molar-refractivity contribution is 7.88. The van der Waals surface area contributed by atoms with Crippen LogP contribution in [0.5, 0.6) is 5.75 Å². The summed E-state index contributed by atoms with van der Waals surface area (Å²) in [7, 11) is -0.240. The smallest absolute Gasteiger partial charge is 0.255 e. The van der Waals surface area contributed by atoms with Gasteiger partial charge in [-0.1, -0.05) is 6.07 Å². The van der Waals surface area contributed by atoms with E-state index in [9.17, 15) is 43.2 Å². The number of hydrogen-bond acceptors (Lipinski definition) is 10. The Morgan fingerprint density at radius 1 is 1.21 bits per heavy atom. The number of fused-ring (bicyclic) bond motifs is 3. The highest BCUT2D eigenvalue weighted by Crippen LogP contribution is 2.52. The molecule has 13 heteroatoms. The van der Waals surface area contributed by atoms with Crippen LogP contribution in [0.25, 0.3) is 0 Å². The van der Waals surface area contributed by atoms with E-state index < -0.39 is 68.1 Å². The second kappa shape index (κ2) is 9.49. The number of nitrogens with one attached hydrogen (secondary N) is 1. The minimum Gasteiger partial charge on any atom is -0.510 e. The number of hydrogen-bond donors (Lipinski definition) is 6. The fourth-order valence-corrected chi connectivity index (χ4v) is 6.60. The number of rotatable bonds is 7. The summed E-state index contributed by atoms with van der Waals surface area (Å²) in [5, 5.41) is 44.3. The summed E-state index contributed by atoms with van der Waals surface area (Å²) in [6, 6.07) is 1.91. The molecule has 0 saturated heterocycles. The zero-order valence-electron chi connectivity index (χ0n) is 21.2. The largest absolute Gasteiger partial charge is 0.510 e. The standard InChI is InChI=1S/C25H31N3O9S/c1-28(2)19-14-10-12-9-13-11(5-4-8-27-38(3,36)37)6-7-15(29)17(13)20(30)16(12)22(32)25(14,35)23(33)18(21(19)31)24(26)34/h6-7,12,14,19,27,29,31-32,35H,4-5,8-10H2,1-3H3,(H2,26,34). The van der Waals surface area contributed by atoms with Crippen LogP contribution in [0.3, 0.4) is 0 Å². The van der Waals surface area contributed by atoms with Gasteiger partial charge in [-0.2, -0.15) is 0 Å². The first-order chi connectivity index (χ1) is 17.6. The molecular formula is C25H31N3O9S. The Morgan fingerprint density at radius 2 is 1.87 bits per heavy atom. The molecule has 1 aromatic rings. The van der Waals surface area contributed by atoms with E-state index >= 15 is 0 Å². The van der Waals surface area contributed by atoms with Gasteiger partial charge >= 0.3 is 0 Å². The van der Waals surface area contributed by atoms with Crippen LogP contribution in [-0.2, 0) is 32.5 Å². The Morgan fingerprint density at radius 3 is 2.45 bits per heavy atom. The van der Waals surface area contributed by atoms with E-state index in [2.05, 4.69) is 4.72 Å². The molecule has 1 aromatic carbocycles. The number of aromatic hydroxyl groups is 1. The van der Waals surface area contributed by atoms with Gasteiger partial charge in [0.25, 0.3) is 5.91 Å². The van der Waals surface area contributed by atoms with E-state index in [1.165, 1.54) is 11.0 Å². The normalized spacial score (nSPS) is 27.3. The first-order valence-corrected chi connectivity index (χ1v) is 13.9. The van der Waals surface area contributed by atoms with Gasteiger partial charge in [0.05, 0.1) is 17.9 Å². The van der Waals surface area contributed by atoms with Crippen molar-refractivity contribution in [2.45, 2.75) is 37.3 Å². The summed E-state index contributed by atoms with van der Waals surface area (Å²) in [6.45, 7) is 0.174. The lowest BCUT2D eigenvalue weighted by atomic mass is 9.58. The van der Waals surface area contributed by atoms with Crippen molar-refractivity contribution < 1.29 is 43.2 Å². The number of ketones is 2. The summed E-state index contributed by atoms with van der Waals surface area (Å²) >= 11 is 0. The number of primary amides is 1. The molecule has 38 heavy (non-hydrogen) atoms. The number of nitrogens with two attached hydrogens (primary N) is 1. The number of benzene rings is 1. The Labute approximate surface area is 219 Å². The Balaban J connectivity index is 1.80. The van der Waals surface area contributed by atoms with Gasteiger partial charge in [-0.05, 0) is 62.9 Å². The molecule has 0 aromatic heterocycles. The lowest BCUT2D eigenvalue weighted by Gasteiger charge is -2.50. The lowest BCUT2D eigenvalue weighted by molar-refractivity contribution is -0.148. The van der Waals surface area contributed by atoms with E-state index in [1.54, 1.807) is 20.2 Å². The first-order valence-electron chi connectivity index (χ1n) is 12.0. The van der Waals surface area contributed by atoms with Crippen LogP contribution in [0.4, 0.5) is 0 Å². The summed E-state index contributed by atoms with van der Waals surface area (Å²) < 4.78 is 25.1. The second-order valence-corrected chi connectivity index (χ2v) is 12.2. The number of allylic oxidation sites excluding steroid dienone is 1. The maximum absolute atomic E-state index is 13.7. The fourth-order valence-electron chi connectivity index (χ4n) is 6.09. The number of carbonyl (C=O) groups excluding carboxylic acids is 3. The Kier molecular flexibility index (Phi) is 6.93. The minimum atomic E-state index is -3.37. The lowest BCUT2D eigenvalue weighted by Crippen LogP contribution is -2.63. The number of amides is 1. The molecule has 0 fully saturated rings. The highest BCUT2D eigenvalue weighted by atomic mass is 32.2. The SMILES string of the molecule is CN(C)C1C(O)=C(C(N)=O)C(=O)C2(O)C(O)=C3C(=O)c4c(O)ccc(CCCNS(C)(=O)=O)c4CC3CC12. The topological polar surface area (TPSA) is 208 Å². The second-order valence-electron chi connectivity index (χ2n) is 10.3. The molecule has 12 nitrogen and oxygen atoms in total. The number of aliphatic hydroxyl groups is 3. The van der Waals surface area contributed by atoms with Crippen molar-refractivity contribution >= 4 is 27.5 Å². The number of aliphatic hydroxyl groups excluding tert-OH is 2. The number of aryl methyl sites for hydroxylation is 1. The summed E-state index contributed by atoms with van der Waals surface area (Å²) in [5.41, 5.74) is 2.73. The van der Waals surface area contributed by atoms with Crippen molar-refractivity contribution in [2.24, 2.45) is 17.6 Å². The molecule has 206 valence electrons. The van der Waals surface area contributed by atoms with Crippen LogP contribution >= 0.6 is 0 Å². The summed E-state index contributed by atoms with van der Waals surface area (Å²) in [4.78, 5) is 40.5. The number of carbonyl (C=O) groups is 3. The maximum atomic E-state index is 13.7. The molecule has 4 rings (SSSR count). The van der Waals surface area contributed by atoms with Gasteiger partial charge in [-0.3, -0.25) is 19.3 Å². The Hall–Kier alpha value is -3.26. The predicted octanol–water partition coefficient (Wildman–Crippen LogP) is -0.398. The van der Waals surface area contributed by atoms with E-state index in [0.29, 0.717) is 24.0 Å². The molecule has 3 aliphatic carbocycles.